The highest BCUT2D eigenvalue weighted by atomic mass is 19.1. The van der Waals surface area contributed by atoms with Crippen molar-refractivity contribution in [3.63, 3.8) is 0 Å². The minimum Gasteiger partial charge on any atom is -0.361 e. The molecule has 1 N–H and O–H groups in total. The van der Waals surface area contributed by atoms with Crippen molar-refractivity contribution in [2.45, 2.75) is 18.9 Å². The topological polar surface area (TPSA) is 73.5 Å². The van der Waals surface area contributed by atoms with Crippen LogP contribution >= 0.6 is 0 Å². The lowest BCUT2D eigenvalue weighted by atomic mass is 10.1. The van der Waals surface area contributed by atoms with E-state index in [1.807, 2.05) is 30.5 Å². The highest BCUT2D eigenvalue weighted by molar-refractivity contribution is 6.23. The summed E-state index contributed by atoms with van der Waals surface area (Å²) in [6, 6.07) is 17.1. The number of halogens is 2. The Hall–Kier alpha value is -4.33. The fourth-order valence-corrected chi connectivity index (χ4v) is 4.49. The Kier molecular flexibility index (Phi) is 5.86. The van der Waals surface area contributed by atoms with E-state index >= 15 is 0 Å². The highest BCUT2D eigenvalue weighted by Crippen LogP contribution is 2.28. The molecule has 1 aromatic heterocycles. The minimum atomic E-state index is -1.11. The van der Waals surface area contributed by atoms with E-state index in [0.717, 1.165) is 33.5 Å². The number of aromatic nitrogens is 1. The molecular weight excluding hydrogens is 452 g/mol. The van der Waals surface area contributed by atoms with Crippen molar-refractivity contribution >= 4 is 34.3 Å². The van der Waals surface area contributed by atoms with Crippen molar-refractivity contribution in [3.05, 3.63) is 102 Å². The molecule has 1 saturated heterocycles. The summed E-state index contributed by atoms with van der Waals surface area (Å²) in [5, 5.41) is 0.979. The van der Waals surface area contributed by atoms with Gasteiger partial charge in [0, 0.05) is 23.6 Å². The standard InChI is InChI=1S/C27H21F2N3O3/c28-18-9-11-19(12-10-18)32-25(33)15-24(27(32)35)31(26(34)21-6-1-3-7-22(21)29)14-13-17-16-30-23-8-4-2-5-20(17)23/h1-12,16,24,30H,13-15H2. The van der Waals surface area contributed by atoms with Crippen LogP contribution in [0.5, 0.6) is 0 Å². The number of H-pyrrole nitrogens is 1. The summed E-state index contributed by atoms with van der Waals surface area (Å²) in [4.78, 5) is 45.0. The predicted octanol–water partition coefficient (Wildman–Crippen LogP) is 4.46. The Balaban J connectivity index is 1.47. The largest absolute Gasteiger partial charge is 0.361 e. The maximum Gasteiger partial charge on any atom is 0.257 e. The molecule has 3 amide bonds. The smallest absolute Gasteiger partial charge is 0.257 e. The van der Waals surface area contributed by atoms with Crippen molar-refractivity contribution in [1.82, 2.24) is 9.88 Å². The summed E-state index contributed by atoms with van der Waals surface area (Å²) >= 11 is 0. The van der Waals surface area contributed by atoms with Gasteiger partial charge >= 0.3 is 0 Å². The number of carbonyl (C=O) groups excluding carboxylic acids is 3. The molecule has 0 aliphatic carbocycles. The lowest BCUT2D eigenvalue weighted by molar-refractivity contribution is -0.122. The van der Waals surface area contributed by atoms with Crippen LogP contribution < -0.4 is 4.90 Å². The van der Waals surface area contributed by atoms with Gasteiger partial charge in [-0.25, -0.2) is 13.7 Å². The van der Waals surface area contributed by atoms with E-state index in [9.17, 15) is 23.2 Å². The van der Waals surface area contributed by atoms with Crippen LogP contribution in [0.3, 0.4) is 0 Å². The Morgan fingerprint density at radius 3 is 2.46 bits per heavy atom. The number of hydrogen-bond donors (Lipinski definition) is 1. The van der Waals surface area contributed by atoms with Crippen LogP contribution in [-0.2, 0) is 16.0 Å². The molecule has 1 aliphatic heterocycles. The second kappa shape index (κ2) is 9.13. The van der Waals surface area contributed by atoms with Gasteiger partial charge < -0.3 is 9.88 Å². The third kappa shape index (κ3) is 4.19. The Bertz CT molecular complexity index is 1430. The van der Waals surface area contributed by atoms with Crippen LogP contribution in [0, 0.1) is 11.6 Å². The van der Waals surface area contributed by atoms with Crippen molar-refractivity contribution in [2.24, 2.45) is 0 Å². The number of anilines is 1. The van der Waals surface area contributed by atoms with E-state index in [-0.39, 0.29) is 24.2 Å². The summed E-state index contributed by atoms with van der Waals surface area (Å²) in [6.07, 6.45) is 1.98. The van der Waals surface area contributed by atoms with Crippen LogP contribution in [-0.4, -0.2) is 40.2 Å². The number of nitrogens with one attached hydrogen (secondary N) is 1. The molecule has 0 spiro atoms. The lowest BCUT2D eigenvalue weighted by Gasteiger charge is -2.28. The number of hydrogen-bond acceptors (Lipinski definition) is 3. The minimum absolute atomic E-state index is 0.0932. The Morgan fingerprint density at radius 1 is 0.971 bits per heavy atom. The SMILES string of the molecule is O=C1CC(N(CCc2c[nH]c3ccccc23)C(=O)c2ccccc2F)C(=O)N1c1ccc(F)cc1. The molecule has 5 rings (SSSR count). The number of imide groups is 1. The quantitative estimate of drug-likeness (QED) is 0.420. The molecule has 1 unspecified atom stereocenters. The molecule has 1 fully saturated rings. The second-order valence-electron chi connectivity index (χ2n) is 8.35. The van der Waals surface area contributed by atoms with Crippen LogP contribution in [0.4, 0.5) is 14.5 Å². The summed E-state index contributed by atoms with van der Waals surface area (Å²) in [7, 11) is 0. The van der Waals surface area contributed by atoms with Gasteiger partial charge in [-0.3, -0.25) is 14.4 Å². The van der Waals surface area contributed by atoms with Gasteiger partial charge in [0.05, 0.1) is 17.7 Å². The molecule has 8 heteroatoms. The average Bonchev–Trinajstić information content (AvgIpc) is 3.40. The van der Waals surface area contributed by atoms with E-state index in [4.69, 9.17) is 0 Å². The zero-order valence-corrected chi connectivity index (χ0v) is 18.6. The lowest BCUT2D eigenvalue weighted by Crippen LogP contribution is -2.46. The zero-order chi connectivity index (χ0) is 24.5. The van der Waals surface area contributed by atoms with Gasteiger partial charge in [0.2, 0.25) is 5.91 Å². The van der Waals surface area contributed by atoms with Crippen LogP contribution in [0.2, 0.25) is 0 Å². The van der Waals surface area contributed by atoms with Crippen LogP contribution in [0.15, 0.2) is 79.0 Å². The van der Waals surface area contributed by atoms with Crippen LogP contribution in [0.1, 0.15) is 22.3 Å². The highest BCUT2D eigenvalue weighted by Gasteiger charge is 2.44. The second-order valence-corrected chi connectivity index (χ2v) is 8.35. The normalized spacial score (nSPS) is 15.7. The molecule has 4 aromatic rings. The molecule has 176 valence electrons. The van der Waals surface area contributed by atoms with Crippen molar-refractivity contribution in [1.29, 1.82) is 0 Å². The molecule has 35 heavy (non-hydrogen) atoms. The van der Waals surface area contributed by atoms with E-state index in [1.165, 1.54) is 35.2 Å². The van der Waals surface area contributed by atoms with Crippen LogP contribution in [0.25, 0.3) is 10.9 Å². The number of rotatable bonds is 6. The van der Waals surface area contributed by atoms with E-state index < -0.39 is 35.4 Å². The molecule has 2 heterocycles. The van der Waals surface area contributed by atoms with Crippen molar-refractivity contribution in [3.8, 4) is 0 Å². The van der Waals surface area contributed by atoms with Gasteiger partial charge in [0.15, 0.2) is 0 Å². The monoisotopic (exact) mass is 473 g/mol. The molecule has 6 nitrogen and oxygen atoms in total. The molecular formula is C27H21F2N3O3. The van der Waals surface area contributed by atoms with Gasteiger partial charge in [0.1, 0.15) is 17.7 Å². The number of fused-ring (bicyclic) bond motifs is 1. The molecule has 0 radical (unpaired) electrons. The fraction of sp³-hybridized carbons (Fsp3) is 0.148. The van der Waals surface area contributed by atoms with E-state index in [2.05, 4.69) is 4.98 Å². The van der Waals surface area contributed by atoms with Gasteiger partial charge in [-0.15, -0.1) is 0 Å². The number of carbonyl (C=O) groups is 3. The Morgan fingerprint density at radius 2 is 1.69 bits per heavy atom. The van der Waals surface area contributed by atoms with Gasteiger partial charge in [-0.1, -0.05) is 30.3 Å². The van der Waals surface area contributed by atoms with E-state index in [1.54, 1.807) is 6.07 Å². The summed E-state index contributed by atoms with van der Waals surface area (Å²) < 4.78 is 27.9. The third-order valence-electron chi connectivity index (χ3n) is 6.25. The summed E-state index contributed by atoms with van der Waals surface area (Å²) in [5.74, 6) is -2.99. The van der Waals surface area contributed by atoms with Gasteiger partial charge in [-0.05, 0) is 54.4 Å². The first-order valence-electron chi connectivity index (χ1n) is 11.2. The molecule has 1 aliphatic rings. The first-order chi connectivity index (χ1) is 16.9. The first kappa shape index (κ1) is 22.5. The van der Waals surface area contributed by atoms with Gasteiger partial charge in [0.25, 0.3) is 11.8 Å². The number of aromatic amines is 1. The number of para-hydroxylation sites is 1. The van der Waals surface area contributed by atoms with E-state index in [0.29, 0.717) is 6.42 Å². The van der Waals surface area contributed by atoms with Gasteiger partial charge in [-0.2, -0.15) is 0 Å². The molecule has 0 bridgehead atoms. The van der Waals surface area contributed by atoms with Crippen molar-refractivity contribution < 1.29 is 23.2 Å². The first-order valence-corrected chi connectivity index (χ1v) is 11.2. The summed E-state index contributed by atoms with van der Waals surface area (Å²) in [6.45, 7) is 0.0932. The maximum absolute atomic E-state index is 14.5. The maximum atomic E-state index is 14.5. The molecule has 3 aromatic carbocycles. The molecule has 0 saturated carbocycles. The number of amides is 3. The number of nitrogens with zero attached hydrogens (tertiary/aromatic N) is 2. The zero-order valence-electron chi connectivity index (χ0n) is 18.6. The average molecular weight is 473 g/mol. The Labute approximate surface area is 199 Å². The number of benzene rings is 3. The summed E-state index contributed by atoms with van der Waals surface area (Å²) in [5.41, 5.74) is 1.91. The molecule has 1 atom stereocenters. The predicted molar refractivity (Wildman–Crippen MR) is 127 cm³/mol. The third-order valence-corrected chi connectivity index (χ3v) is 6.25. The fourth-order valence-electron chi connectivity index (χ4n) is 4.49. The van der Waals surface area contributed by atoms with Crippen molar-refractivity contribution in [2.75, 3.05) is 11.4 Å².